The summed E-state index contributed by atoms with van der Waals surface area (Å²) in [5, 5.41) is 3.72. The van der Waals surface area contributed by atoms with Crippen molar-refractivity contribution in [2.24, 2.45) is 10.8 Å². The van der Waals surface area contributed by atoms with E-state index in [1.54, 1.807) is 0 Å². The molecule has 13 heavy (non-hydrogen) atoms. The lowest BCUT2D eigenvalue weighted by atomic mass is 10.5. The van der Waals surface area contributed by atoms with Gasteiger partial charge in [0.25, 0.3) is 5.56 Å². The smallest absolute Gasteiger partial charge is 0.266 e. The van der Waals surface area contributed by atoms with Gasteiger partial charge in [-0.25, -0.2) is 4.98 Å². The van der Waals surface area contributed by atoms with Crippen molar-refractivity contribution < 1.29 is 0 Å². The molecule has 1 heterocycles. The predicted molar refractivity (Wildman–Crippen MR) is 52.4 cm³/mol. The summed E-state index contributed by atoms with van der Waals surface area (Å²) in [5.74, 6) is 0. The highest BCUT2D eigenvalue weighted by Crippen LogP contribution is 1.79. The van der Waals surface area contributed by atoms with Gasteiger partial charge < -0.3 is 10.7 Å². The second-order valence-electron chi connectivity index (χ2n) is 2.07. The number of thiocarbonyl (C=S) groups is 1. The number of hydrogen-bond donors (Lipinski definition) is 3. The van der Waals surface area contributed by atoms with Gasteiger partial charge >= 0.3 is 0 Å². The van der Waals surface area contributed by atoms with Gasteiger partial charge in [0.2, 0.25) is 0 Å². The van der Waals surface area contributed by atoms with E-state index in [4.69, 9.17) is 5.73 Å². The molecule has 0 fully saturated rings. The molecule has 0 aliphatic heterocycles. The van der Waals surface area contributed by atoms with Crippen LogP contribution in [0.1, 0.15) is 5.69 Å². The first-order valence-corrected chi connectivity index (χ1v) is 3.72. The van der Waals surface area contributed by atoms with Crippen LogP contribution in [0, 0.1) is 0 Å². The van der Waals surface area contributed by atoms with Crippen LogP contribution in [-0.2, 0) is 0 Å². The summed E-state index contributed by atoms with van der Waals surface area (Å²) in [7, 11) is 0. The molecule has 0 aliphatic carbocycles. The summed E-state index contributed by atoms with van der Waals surface area (Å²) in [6.07, 6.45) is 3.96. The van der Waals surface area contributed by atoms with Crippen LogP contribution in [0.15, 0.2) is 22.3 Å². The van der Waals surface area contributed by atoms with Crippen LogP contribution in [0.4, 0.5) is 0 Å². The fraction of sp³-hybridized carbons (Fsp3) is 0. The van der Waals surface area contributed by atoms with Crippen molar-refractivity contribution in [3.63, 3.8) is 0 Å². The molecule has 0 spiro atoms. The molecule has 0 unspecified atom stereocenters. The van der Waals surface area contributed by atoms with Crippen LogP contribution < -0.4 is 16.7 Å². The molecular weight excluding hydrogens is 190 g/mol. The highest BCUT2D eigenvalue weighted by molar-refractivity contribution is 7.80. The molecule has 6 nitrogen and oxygen atoms in total. The average Bonchev–Trinajstić information content (AvgIpc) is 2.08. The summed E-state index contributed by atoms with van der Waals surface area (Å²) >= 11 is 4.51. The molecule has 1 aromatic rings. The van der Waals surface area contributed by atoms with E-state index < -0.39 is 0 Å². The lowest BCUT2D eigenvalue weighted by molar-refractivity contribution is 1.03. The topological polar surface area (TPSA) is 96.2 Å². The lowest BCUT2D eigenvalue weighted by Crippen LogP contribution is -2.24. The molecule has 68 valence electrons. The summed E-state index contributed by atoms with van der Waals surface area (Å²) in [6.45, 7) is 0. The molecule has 1 aromatic heterocycles. The Morgan fingerprint density at radius 1 is 1.85 bits per heavy atom. The van der Waals surface area contributed by atoms with Crippen molar-refractivity contribution >= 4 is 23.5 Å². The van der Waals surface area contributed by atoms with Crippen molar-refractivity contribution in [3.05, 3.63) is 28.4 Å². The fourth-order valence-electron chi connectivity index (χ4n) is 0.585. The Kier molecular flexibility index (Phi) is 3.09. The second-order valence-corrected chi connectivity index (χ2v) is 2.51. The monoisotopic (exact) mass is 197 g/mol. The number of aromatic nitrogens is 2. The van der Waals surface area contributed by atoms with Crippen molar-refractivity contribution in [2.75, 3.05) is 0 Å². The first-order valence-electron chi connectivity index (χ1n) is 3.32. The highest BCUT2D eigenvalue weighted by atomic mass is 32.1. The maximum atomic E-state index is 10.6. The van der Waals surface area contributed by atoms with Gasteiger partial charge in [-0.15, -0.1) is 0 Å². The Morgan fingerprint density at radius 3 is 3.15 bits per heavy atom. The number of nitrogens with two attached hydrogens (primary N) is 1. The minimum atomic E-state index is -0.264. The van der Waals surface area contributed by atoms with Crippen LogP contribution in [-0.4, -0.2) is 21.3 Å². The minimum absolute atomic E-state index is 0.0701. The second kappa shape index (κ2) is 4.31. The van der Waals surface area contributed by atoms with Gasteiger partial charge in [-0.3, -0.25) is 10.2 Å². The standard InChI is InChI=1S/C6H7N5OS/c7-6(13)11-10-2-4-1-9-5(12)3-8-4/h1-3H,(H,9,12)(H3,7,11,13). The Labute approximate surface area is 78.9 Å². The molecule has 0 saturated carbocycles. The zero-order valence-electron chi connectivity index (χ0n) is 6.52. The third-order valence-electron chi connectivity index (χ3n) is 1.06. The van der Waals surface area contributed by atoms with Crippen molar-refractivity contribution in [1.29, 1.82) is 0 Å². The van der Waals surface area contributed by atoms with Crippen molar-refractivity contribution in [2.45, 2.75) is 0 Å². The largest absolute Gasteiger partial charge is 0.375 e. The summed E-state index contributed by atoms with van der Waals surface area (Å²) in [5.41, 5.74) is 7.70. The number of hydrazone groups is 1. The number of aromatic amines is 1. The van der Waals surface area contributed by atoms with E-state index in [1.165, 1.54) is 12.4 Å². The number of H-pyrrole nitrogens is 1. The van der Waals surface area contributed by atoms with Crippen molar-refractivity contribution in [3.8, 4) is 0 Å². The van der Waals surface area contributed by atoms with Crippen LogP contribution in [0.2, 0.25) is 0 Å². The molecule has 7 heteroatoms. The summed E-state index contributed by atoms with van der Waals surface area (Å²) in [4.78, 5) is 16.8. The van der Waals surface area contributed by atoms with Crippen molar-refractivity contribution in [1.82, 2.24) is 15.4 Å². The number of rotatable bonds is 2. The minimum Gasteiger partial charge on any atom is -0.375 e. The van der Waals surface area contributed by atoms with Gasteiger partial charge in [0.1, 0.15) is 0 Å². The molecule has 4 N–H and O–H groups in total. The molecule has 0 bridgehead atoms. The maximum absolute atomic E-state index is 10.6. The Hall–Kier alpha value is -1.76. The van der Waals surface area contributed by atoms with E-state index in [0.717, 1.165) is 6.20 Å². The Balaban J connectivity index is 2.64. The Morgan fingerprint density at radius 2 is 2.62 bits per heavy atom. The first kappa shape index (κ1) is 9.33. The van der Waals surface area contributed by atoms with Crippen LogP contribution in [0.25, 0.3) is 0 Å². The van der Waals surface area contributed by atoms with Gasteiger partial charge in [0.15, 0.2) is 5.11 Å². The zero-order valence-corrected chi connectivity index (χ0v) is 7.34. The lowest BCUT2D eigenvalue weighted by Gasteiger charge is -1.92. The quantitative estimate of drug-likeness (QED) is 0.319. The van der Waals surface area contributed by atoms with Gasteiger partial charge in [-0.05, 0) is 12.2 Å². The van der Waals surface area contributed by atoms with E-state index in [9.17, 15) is 4.79 Å². The predicted octanol–water partition coefficient (Wildman–Crippen LogP) is -1.06. The molecule has 0 atom stereocenters. The van der Waals surface area contributed by atoms with Gasteiger partial charge in [0.05, 0.1) is 18.1 Å². The summed E-state index contributed by atoms with van der Waals surface area (Å²) < 4.78 is 0. The van der Waals surface area contributed by atoms with Crippen LogP contribution >= 0.6 is 12.2 Å². The molecule has 0 saturated heterocycles. The van der Waals surface area contributed by atoms with E-state index in [1.807, 2.05) is 0 Å². The molecule has 1 rings (SSSR count). The van der Waals surface area contributed by atoms with E-state index in [-0.39, 0.29) is 10.7 Å². The van der Waals surface area contributed by atoms with Gasteiger partial charge in [0, 0.05) is 6.20 Å². The van der Waals surface area contributed by atoms with E-state index >= 15 is 0 Å². The van der Waals surface area contributed by atoms with E-state index in [0.29, 0.717) is 5.69 Å². The van der Waals surface area contributed by atoms with E-state index in [2.05, 4.69) is 32.7 Å². The average molecular weight is 197 g/mol. The first-order chi connectivity index (χ1) is 6.18. The molecule has 0 aromatic carbocycles. The van der Waals surface area contributed by atoms with Crippen LogP contribution in [0.3, 0.4) is 0 Å². The Bertz CT molecular complexity index is 364. The SMILES string of the molecule is NC(=S)NN=Cc1c[nH]c(=O)cn1. The molecule has 0 aliphatic rings. The fourth-order valence-corrected chi connectivity index (χ4v) is 0.638. The number of hydrogen-bond acceptors (Lipinski definition) is 4. The third-order valence-corrected chi connectivity index (χ3v) is 1.16. The van der Waals surface area contributed by atoms with Gasteiger partial charge in [-0.2, -0.15) is 5.10 Å². The van der Waals surface area contributed by atoms with Crippen LogP contribution in [0.5, 0.6) is 0 Å². The number of nitrogens with zero attached hydrogens (tertiary/aromatic N) is 2. The normalized spacial score (nSPS) is 10.2. The molecule has 0 amide bonds. The highest BCUT2D eigenvalue weighted by Gasteiger charge is 1.87. The molecule has 0 radical (unpaired) electrons. The number of nitrogens with one attached hydrogen (secondary N) is 2. The zero-order chi connectivity index (χ0) is 9.68. The molecular formula is C6H7N5OS. The summed E-state index contributed by atoms with van der Waals surface area (Å²) in [6, 6.07) is 0. The third kappa shape index (κ3) is 3.43. The van der Waals surface area contributed by atoms with Gasteiger partial charge in [-0.1, -0.05) is 0 Å². The maximum Gasteiger partial charge on any atom is 0.266 e.